The first-order valence-electron chi connectivity index (χ1n) is 9.13. The van der Waals surface area contributed by atoms with E-state index in [0.717, 1.165) is 0 Å². The molecule has 0 heterocycles. The van der Waals surface area contributed by atoms with Crippen molar-refractivity contribution in [2.45, 2.75) is 18.7 Å². The smallest absolute Gasteiger partial charge is 0.337 e. The van der Waals surface area contributed by atoms with Crippen molar-refractivity contribution in [3.63, 3.8) is 0 Å². The van der Waals surface area contributed by atoms with Crippen molar-refractivity contribution in [3.05, 3.63) is 65.2 Å². The molecule has 0 unspecified atom stereocenters. The van der Waals surface area contributed by atoms with E-state index in [1.807, 2.05) is 0 Å². The summed E-state index contributed by atoms with van der Waals surface area (Å²) in [6, 6.07) is 11.2. The molecule has 2 aromatic rings. The average molecular weight is 433 g/mol. The highest BCUT2D eigenvalue weighted by Crippen LogP contribution is 2.17. The minimum absolute atomic E-state index is 0.0106. The molecule has 0 aliphatic heterocycles. The molecule has 0 spiro atoms. The molecule has 2 amide bonds. The molecule has 0 radical (unpaired) electrons. The summed E-state index contributed by atoms with van der Waals surface area (Å²) in [5.74, 6) is -1.81. The predicted octanol–water partition coefficient (Wildman–Crippen LogP) is 1.58. The van der Waals surface area contributed by atoms with Crippen LogP contribution in [0.1, 0.15) is 44.9 Å². The van der Waals surface area contributed by atoms with Crippen LogP contribution in [0.3, 0.4) is 0 Å². The molecule has 2 rings (SSSR count). The maximum atomic E-state index is 12.6. The average Bonchev–Trinajstić information content (AvgIpc) is 2.77. The van der Waals surface area contributed by atoms with Crippen LogP contribution in [0, 0.1) is 0 Å². The van der Waals surface area contributed by atoms with E-state index in [9.17, 15) is 22.8 Å². The third-order valence-corrected chi connectivity index (χ3v) is 6.34. The van der Waals surface area contributed by atoms with E-state index in [1.54, 1.807) is 13.8 Å². The zero-order valence-electron chi connectivity index (χ0n) is 16.8. The van der Waals surface area contributed by atoms with Crippen LogP contribution >= 0.6 is 0 Å². The molecular weight excluding hydrogens is 410 g/mol. The largest absolute Gasteiger partial charge is 0.465 e. The number of rotatable bonds is 7. The molecule has 0 aromatic heterocycles. The number of hydrazine groups is 1. The number of sulfonamides is 1. The topological polar surface area (TPSA) is 122 Å². The zero-order chi connectivity index (χ0) is 22.3. The molecule has 160 valence electrons. The van der Waals surface area contributed by atoms with Gasteiger partial charge in [-0.1, -0.05) is 19.9 Å². The monoisotopic (exact) mass is 433 g/mol. The number of carbonyl (C=O) groups is 3. The summed E-state index contributed by atoms with van der Waals surface area (Å²) in [6.07, 6.45) is 0. The lowest BCUT2D eigenvalue weighted by molar-refractivity contribution is 0.0600. The summed E-state index contributed by atoms with van der Waals surface area (Å²) in [6.45, 7) is 4.07. The molecule has 9 nitrogen and oxygen atoms in total. The van der Waals surface area contributed by atoms with Gasteiger partial charge in [-0.3, -0.25) is 20.4 Å². The van der Waals surface area contributed by atoms with Crippen molar-refractivity contribution < 1.29 is 27.5 Å². The zero-order valence-corrected chi connectivity index (χ0v) is 17.7. The Morgan fingerprint density at radius 2 is 1.40 bits per heavy atom. The number of amides is 2. The van der Waals surface area contributed by atoms with E-state index in [-0.39, 0.29) is 21.6 Å². The van der Waals surface area contributed by atoms with E-state index >= 15 is 0 Å². The minimum atomic E-state index is -3.72. The van der Waals surface area contributed by atoms with E-state index in [2.05, 4.69) is 15.6 Å². The fourth-order valence-electron chi connectivity index (χ4n) is 2.64. The number of hydrogen-bond acceptors (Lipinski definition) is 6. The van der Waals surface area contributed by atoms with E-state index in [0.29, 0.717) is 13.1 Å². The molecule has 2 N–H and O–H groups in total. The third-order valence-electron chi connectivity index (χ3n) is 4.30. The summed E-state index contributed by atoms with van der Waals surface area (Å²) < 4.78 is 31.1. The van der Waals surface area contributed by atoms with Crippen molar-refractivity contribution in [2.24, 2.45) is 0 Å². The molecule has 0 fully saturated rings. The lowest BCUT2D eigenvalue weighted by Gasteiger charge is -2.18. The molecular formula is C20H23N3O6S. The van der Waals surface area contributed by atoms with Crippen molar-refractivity contribution in [1.29, 1.82) is 0 Å². The molecule has 0 saturated carbocycles. The van der Waals surface area contributed by atoms with Crippen molar-refractivity contribution in [1.82, 2.24) is 15.2 Å². The lowest BCUT2D eigenvalue weighted by Crippen LogP contribution is -2.41. The molecule has 30 heavy (non-hydrogen) atoms. The fraction of sp³-hybridized carbons (Fsp3) is 0.250. The number of ether oxygens (including phenoxy) is 1. The fourth-order valence-corrected chi connectivity index (χ4v) is 4.15. The van der Waals surface area contributed by atoms with Gasteiger partial charge in [0.2, 0.25) is 10.0 Å². The van der Waals surface area contributed by atoms with Gasteiger partial charge in [0, 0.05) is 24.2 Å². The summed E-state index contributed by atoms with van der Waals surface area (Å²) in [7, 11) is -2.47. The number of benzene rings is 2. The molecule has 0 aliphatic carbocycles. The Labute approximate surface area is 175 Å². The highest BCUT2D eigenvalue weighted by atomic mass is 32.2. The SMILES string of the molecule is CCN(CC)S(=O)(=O)c1cccc(C(=O)NNC(=O)c2ccc(C(=O)OC)cc2)c1. The van der Waals surface area contributed by atoms with Crippen LogP contribution in [0.4, 0.5) is 0 Å². The second kappa shape index (κ2) is 9.99. The Bertz CT molecular complexity index is 1030. The van der Waals surface area contributed by atoms with E-state index in [1.165, 1.54) is 59.9 Å². The van der Waals surface area contributed by atoms with E-state index < -0.39 is 27.8 Å². The van der Waals surface area contributed by atoms with Gasteiger partial charge < -0.3 is 4.74 Å². The first-order valence-corrected chi connectivity index (χ1v) is 10.6. The quantitative estimate of drug-likeness (QED) is 0.505. The van der Waals surface area contributed by atoms with Gasteiger partial charge in [0.05, 0.1) is 17.6 Å². The minimum Gasteiger partial charge on any atom is -0.465 e. The van der Waals surface area contributed by atoms with Crippen LogP contribution in [-0.2, 0) is 14.8 Å². The van der Waals surface area contributed by atoms with E-state index in [4.69, 9.17) is 0 Å². The Kier molecular flexibility index (Phi) is 7.67. The number of methoxy groups -OCH3 is 1. The molecule has 10 heteroatoms. The van der Waals surface area contributed by atoms with Crippen molar-refractivity contribution >= 4 is 27.8 Å². The summed E-state index contributed by atoms with van der Waals surface area (Å²) in [5.41, 5.74) is 5.06. The van der Waals surface area contributed by atoms with Gasteiger partial charge in [0.15, 0.2) is 0 Å². The number of nitrogens with one attached hydrogen (secondary N) is 2. The van der Waals surface area contributed by atoms with Crippen molar-refractivity contribution in [3.8, 4) is 0 Å². The summed E-state index contributed by atoms with van der Waals surface area (Å²) >= 11 is 0. The Hall–Kier alpha value is -3.24. The predicted molar refractivity (Wildman–Crippen MR) is 109 cm³/mol. The number of hydrogen-bond donors (Lipinski definition) is 2. The molecule has 0 bridgehead atoms. The number of carbonyl (C=O) groups excluding carboxylic acids is 3. The second-order valence-corrected chi connectivity index (χ2v) is 8.03. The Morgan fingerprint density at radius 1 is 0.867 bits per heavy atom. The van der Waals surface area contributed by atoms with Gasteiger partial charge in [-0.15, -0.1) is 0 Å². The lowest BCUT2D eigenvalue weighted by atomic mass is 10.1. The number of esters is 1. The molecule has 0 saturated heterocycles. The molecule has 0 atom stereocenters. The number of nitrogens with zero attached hydrogens (tertiary/aromatic N) is 1. The van der Waals surface area contributed by atoms with Gasteiger partial charge in [-0.2, -0.15) is 4.31 Å². The standard InChI is InChI=1S/C20H23N3O6S/c1-4-23(5-2)30(27,28)17-8-6-7-16(13-17)19(25)22-21-18(24)14-9-11-15(12-10-14)20(26)29-3/h6-13H,4-5H2,1-3H3,(H,21,24)(H,22,25). The van der Waals surface area contributed by atoms with Crippen LogP contribution in [0.5, 0.6) is 0 Å². The summed E-state index contributed by atoms with van der Waals surface area (Å²) in [4.78, 5) is 35.9. The van der Waals surface area contributed by atoms with Gasteiger partial charge in [0.25, 0.3) is 11.8 Å². The first kappa shape index (κ1) is 23.0. The molecule has 2 aromatic carbocycles. The third kappa shape index (κ3) is 5.22. The normalized spacial score (nSPS) is 11.1. The van der Waals surface area contributed by atoms with Gasteiger partial charge in [-0.25, -0.2) is 13.2 Å². The maximum absolute atomic E-state index is 12.6. The van der Waals surface area contributed by atoms with Gasteiger partial charge >= 0.3 is 5.97 Å². The Morgan fingerprint density at radius 3 is 1.93 bits per heavy atom. The Balaban J connectivity index is 2.08. The van der Waals surface area contributed by atoms with Gasteiger partial charge in [-0.05, 0) is 42.5 Å². The highest BCUT2D eigenvalue weighted by molar-refractivity contribution is 7.89. The second-order valence-electron chi connectivity index (χ2n) is 6.09. The molecule has 0 aliphatic rings. The van der Waals surface area contributed by atoms with Crippen LogP contribution in [0.2, 0.25) is 0 Å². The highest BCUT2D eigenvalue weighted by Gasteiger charge is 2.22. The first-order chi connectivity index (χ1) is 14.2. The maximum Gasteiger partial charge on any atom is 0.337 e. The van der Waals surface area contributed by atoms with Gasteiger partial charge in [0.1, 0.15) is 0 Å². The van der Waals surface area contributed by atoms with Crippen LogP contribution in [0.15, 0.2) is 53.4 Å². The van der Waals surface area contributed by atoms with Crippen LogP contribution in [0.25, 0.3) is 0 Å². The summed E-state index contributed by atoms with van der Waals surface area (Å²) in [5, 5.41) is 0. The van der Waals surface area contributed by atoms with Crippen LogP contribution in [-0.4, -0.2) is 50.7 Å². The van der Waals surface area contributed by atoms with Crippen molar-refractivity contribution in [2.75, 3.05) is 20.2 Å². The van der Waals surface area contributed by atoms with Crippen LogP contribution < -0.4 is 10.9 Å².